The van der Waals surface area contributed by atoms with Crippen LogP contribution in [0.4, 0.5) is 0 Å². The Bertz CT molecular complexity index is 234. The van der Waals surface area contributed by atoms with Crippen molar-refractivity contribution in [3.63, 3.8) is 0 Å². The molecule has 0 amide bonds. The third-order valence-electron chi connectivity index (χ3n) is 3.07. The van der Waals surface area contributed by atoms with Crippen molar-refractivity contribution >= 4 is 0 Å². The van der Waals surface area contributed by atoms with Gasteiger partial charge in [0.05, 0.1) is 12.4 Å². The summed E-state index contributed by atoms with van der Waals surface area (Å²) in [6, 6.07) is 0. The van der Waals surface area contributed by atoms with Crippen molar-refractivity contribution in [2.24, 2.45) is 0 Å². The number of hydroxylamine groups is 2. The maximum atomic E-state index is 10.2. The second-order valence-corrected chi connectivity index (χ2v) is 5.59. The molecule has 0 saturated carbocycles. The van der Waals surface area contributed by atoms with E-state index >= 15 is 0 Å². The lowest BCUT2D eigenvalue weighted by molar-refractivity contribution is -0.227. The zero-order valence-corrected chi connectivity index (χ0v) is 11.6. The van der Waals surface area contributed by atoms with E-state index in [1.165, 1.54) is 5.06 Å². The van der Waals surface area contributed by atoms with Crippen LogP contribution in [-0.2, 0) is 4.74 Å². The molecule has 0 aromatic carbocycles. The number of hydrogen-bond donors (Lipinski definition) is 1. The smallest absolute Gasteiger partial charge is 0.0895 e. The predicted molar refractivity (Wildman–Crippen MR) is 67.5 cm³/mol. The minimum Gasteiger partial charge on any atom is -0.499 e. The summed E-state index contributed by atoms with van der Waals surface area (Å²) < 4.78 is 5.34. The van der Waals surface area contributed by atoms with Crippen LogP contribution in [0.1, 0.15) is 54.4 Å². The molecule has 0 spiro atoms. The minimum absolute atomic E-state index is 0.216. The van der Waals surface area contributed by atoms with Gasteiger partial charge in [-0.05, 0) is 41.0 Å². The first kappa shape index (κ1) is 15.5. The number of allylic oxidation sites excluding steroid dienone is 1. The second-order valence-electron chi connectivity index (χ2n) is 5.59. The van der Waals surface area contributed by atoms with Crippen LogP contribution in [0.5, 0.6) is 0 Å². The highest BCUT2D eigenvalue weighted by atomic mass is 16.5. The van der Waals surface area contributed by atoms with Crippen LogP contribution in [0.15, 0.2) is 12.3 Å². The molecule has 0 aromatic rings. The molecule has 3 heteroatoms. The van der Waals surface area contributed by atoms with Gasteiger partial charge in [0.15, 0.2) is 0 Å². The number of hydrogen-bond acceptors (Lipinski definition) is 3. The largest absolute Gasteiger partial charge is 0.499 e. The maximum Gasteiger partial charge on any atom is 0.0895 e. The molecule has 0 saturated heterocycles. The van der Waals surface area contributed by atoms with Gasteiger partial charge >= 0.3 is 0 Å². The van der Waals surface area contributed by atoms with Gasteiger partial charge in [-0.3, -0.25) is 0 Å². The first-order valence-electron chi connectivity index (χ1n) is 5.91. The van der Waals surface area contributed by atoms with Crippen LogP contribution in [-0.4, -0.2) is 28.0 Å². The lowest BCUT2D eigenvalue weighted by atomic mass is 9.92. The molecular weight excluding hydrogens is 202 g/mol. The van der Waals surface area contributed by atoms with Gasteiger partial charge in [-0.1, -0.05) is 13.5 Å². The van der Waals surface area contributed by atoms with Gasteiger partial charge in [0.1, 0.15) is 0 Å². The highest BCUT2D eigenvalue weighted by Gasteiger charge is 2.35. The van der Waals surface area contributed by atoms with Crippen molar-refractivity contribution in [1.29, 1.82) is 0 Å². The lowest BCUT2D eigenvalue weighted by Crippen LogP contribution is -2.53. The molecule has 16 heavy (non-hydrogen) atoms. The normalized spacial score (nSPS) is 13.0. The van der Waals surface area contributed by atoms with E-state index in [1.807, 2.05) is 34.6 Å². The van der Waals surface area contributed by atoms with Crippen molar-refractivity contribution in [3.05, 3.63) is 12.3 Å². The van der Waals surface area contributed by atoms with Crippen molar-refractivity contribution in [2.75, 3.05) is 6.61 Å². The van der Waals surface area contributed by atoms with Gasteiger partial charge < -0.3 is 9.94 Å². The fourth-order valence-electron chi connectivity index (χ4n) is 1.55. The van der Waals surface area contributed by atoms with E-state index in [2.05, 4.69) is 13.5 Å². The average molecular weight is 229 g/mol. The monoisotopic (exact) mass is 229 g/mol. The highest BCUT2D eigenvalue weighted by Crippen LogP contribution is 2.28. The predicted octanol–water partition coefficient (Wildman–Crippen LogP) is 3.59. The Morgan fingerprint density at radius 2 is 1.75 bits per heavy atom. The topological polar surface area (TPSA) is 32.7 Å². The SMILES string of the molecule is C=C(C)OCCC(C)(C)N(O)C(C)(C)CC. The van der Waals surface area contributed by atoms with Crippen LogP contribution < -0.4 is 0 Å². The van der Waals surface area contributed by atoms with E-state index in [9.17, 15) is 5.21 Å². The van der Waals surface area contributed by atoms with Crippen LogP contribution in [0.2, 0.25) is 0 Å². The molecule has 3 nitrogen and oxygen atoms in total. The van der Waals surface area contributed by atoms with E-state index < -0.39 is 0 Å². The third-order valence-corrected chi connectivity index (χ3v) is 3.07. The standard InChI is InChI=1S/C13H27NO2/c1-8-12(4,5)14(15)13(6,7)9-10-16-11(2)3/h15H,2,8-10H2,1,3-7H3. The first-order chi connectivity index (χ1) is 7.13. The zero-order chi connectivity index (χ0) is 13.0. The van der Waals surface area contributed by atoms with E-state index in [0.29, 0.717) is 6.61 Å². The quantitative estimate of drug-likeness (QED) is 0.535. The molecule has 0 aliphatic heterocycles. The fourth-order valence-corrected chi connectivity index (χ4v) is 1.55. The number of rotatable bonds is 7. The van der Waals surface area contributed by atoms with Crippen molar-refractivity contribution < 1.29 is 9.94 Å². The Hall–Kier alpha value is -0.540. The molecule has 0 aliphatic carbocycles. The molecule has 0 fully saturated rings. The minimum atomic E-state index is -0.297. The third kappa shape index (κ3) is 4.54. The van der Waals surface area contributed by atoms with Gasteiger partial charge in [-0.2, -0.15) is 5.06 Å². The molecule has 1 N–H and O–H groups in total. The molecule has 0 aliphatic rings. The summed E-state index contributed by atoms with van der Waals surface area (Å²) in [5, 5.41) is 11.7. The lowest BCUT2D eigenvalue weighted by Gasteiger charge is -2.43. The van der Waals surface area contributed by atoms with E-state index in [4.69, 9.17) is 4.74 Å². The summed E-state index contributed by atoms with van der Waals surface area (Å²) in [5.41, 5.74) is -0.512. The van der Waals surface area contributed by atoms with Crippen LogP contribution in [0, 0.1) is 0 Å². The Labute approximate surface area is 100 Å². The second kappa shape index (κ2) is 5.69. The summed E-state index contributed by atoms with van der Waals surface area (Å²) in [4.78, 5) is 0. The van der Waals surface area contributed by atoms with Crippen molar-refractivity contribution in [3.8, 4) is 0 Å². The van der Waals surface area contributed by atoms with Gasteiger partial charge in [0.25, 0.3) is 0 Å². The Balaban J connectivity index is 4.36. The molecule has 0 rings (SSSR count). The summed E-state index contributed by atoms with van der Waals surface area (Å²) >= 11 is 0. The van der Waals surface area contributed by atoms with E-state index in [1.54, 1.807) is 0 Å². The van der Waals surface area contributed by atoms with Crippen LogP contribution in [0.3, 0.4) is 0 Å². The first-order valence-corrected chi connectivity index (χ1v) is 5.91. The molecule has 0 unspecified atom stereocenters. The summed E-state index contributed by atoms with van der Waals surface area (Å²) in [5.74, 6) is 0.718. The summed E-state index contributed by atoms with van der Waals surface area (Å²) in [6.07, 6.45) is 1.66. The highest BCUT2D eigenvalue weighted by molar-refractivity contribution is 4.86. The van der Waals surface area contributed by atoms with Crippen molar-refractivity contribution in [2.45, 2.75) is 65.5 Å². The Morgan fingerprint density at radius 3 is 2.12 bits per heavy atom. The molecule has 0 aromatic heterocycles. The van der Waals surface area contributed by atoms with E-state index in [-0.39, 0.29) is 11.1 Å². The zero-order valence-electron chi connectivity index (χ0n) is 11.6. The number of nitrogens with zero attached hydrogens (tertiary/aromatic N) is 1. The van der Waals surface area contributed by atoms with Crippen molar-refractivity contribution in [1.82, 2.24) is 5.06 Å². The van der Waals surface area contributed by atoms with Gasteiger partial charge in [0.2, 0.25) is 0 Å². The van der Waals surface area contributed by atoms with E-state index in [0.717, 1.165) is 18.6 Å². The molecule has 96 valence electrons. The Morgan fingerprint density at radius 1 is 1.25 bits per heavy atom. The maximum absolute atomic E-state index is 10.2. The molecule has 0 bridgehead atoms. The molecule has 0 radical (unpaired) electrons. The molecular formula is C13H27NO2. The fraction of sp³-hybridized carbons (Fsp3) is 0.846. The average Bonchev–Trinajstić information content (AvgIpc) is 2.15. The van der Waals surface area contributed by atoms with Crippen LogP contribution in [0.25, 0.3) is 0 Å². The Kier molecular flexibility index (Phi) is 5.50. The molecule has 0 atom stereocenters. The summed E-state index contributed by atoms with van der Waals surface area (Å²) in [7, 11) is 0. The number of ether oxygens (including phenoxy) is 1. The summed E-state index contributed by atoms with van der Waals surface area (Å²) in [6.45, 7) is 16.3. The van der Waals surface area contributed by atoms with Gasteiger partial charge in [-0.15, -0.1) is 0 Å². The van der Waals surface area contributed by atoms with Crippen LogP contribution >= 0.6 is 0 Å². The van der Waals surface area contributed by atoms with Gasteiger partial charge in [-0.25, -0.2) is 0 Å². The van der Waals surface area contributed by atoms with Gasteiger partial charge in [0, 0.05) is 17.5 Å². The molecule has 0 heterocycles.